The average Bonchev–Trinajstić information content (AvgIpc) is 2.79. The van der Waals surface area contributed by atoms with Gasteiger partial charge in [0.1, 0.15) is 0 Å². The quantitative estimate of drug-likeness (QED) is 0.787. The summed E-state index contributed by atoms with van der Waals surface area (Å²) in [5.41, 5.74) is 0.249. The molecule has 1 aromatic heterocycles. The molecule has 1 spiro atoms. The first kappa shape index (κ1) is 11.9. The lowest BCUT2D eigenvalue weighted by atomic mass is 9.71. The molecule has 0 amide bonds. The summed E-state index contributed by atoms with van der Waals surface area (Å²) >= 11 is 0. The van der Waals surface area contributed by atoms with Crippen LogP contribution in [0.3, 0.4) is 0 Å². The van der Waals surface area contributed by atoms with Crippen LogP contribution in [0.1, 0.15) is 12.8 Å². The van der Waals surface area contributed by atoms with Crippen LogP contribution in [0.4, 0.5) is 5.95 Å². The highest BCUT2D eigenvalue weighted by Gasteiger charge is 2.47. The van der Waals surface area contributed by atoms with Gasteiger partial charge in [-0.25, -0.2) is 9.97 Å². The Bertz CT molecular complexity index is 391. The third kappa shape index (κ3) is 1.97. The number of hydrogen-bond acceptors (Lipinski definition) is 5. The predicted octanol–water partition coefficient (Wildman–Crippen LogP) is 0.275. The highest BCUT2D eigenvalue weighted by molar-refractivity contribution is 5.33. The molecule has 5 heteroatoms. The molecule has 18 heavy (non-hydrogen) atoms. The molecule has 98 valence electrons. The number of aromatic nitrogens is 2. The molecule has 2 fully saturated rings. The second-order valence-corrected chi connectivity index (χ2v) is 5.42. The van der Waals surface area contributed by atoms with Crippen molar-refractivity contribution in [2.75, 3.05) is 37.7 Å². The van der Waals surface area contributed by atoms with Gasteiger partial charge in [0.25, 0.3) is 0 Å². The minimum Gasteiger partial charge on any atom is -0.396 e. The Hall–Kier alpha value is -1.20. The number of piperidine rings is 1. The van der Waals surface area contributed by atoms with E-state index in [2.05, 4.69) is 20.2 Å². The monoisotopic (exact) mass is 248 g/mol. The lowest BCUT2D eigenvalue weighted by Crippen LogP contribution is -2.43. The van der Waals surface area contributed by atoms with E-state index in [1.807, 2.05) is 6.07 Å². The van der Waals surface area contributed by atoms with Crippen LogP contribution in [-0.2, 0) is 0 Å². The van der Waals surface area contributed by atoms with Crippen LogP contribution < -0.4 is 10.2 Å². The van der Waals surface area contributed by atoms with Crippen LogP contribution >= 0.6 is 0 Å². The fourth-order valence-corrected chi connectivity index (χ4v) is 3.38. The van der Waals surface area contributed by atoms with Gasteiger partial charge >= 0.3 is 0 Å². The number of nitrogens with zero attached hydrogens (tertiary/aromatic N) is 3. The standard InChI is InChI=1S/C13H20N4O/c18-9-11-8-17(12-15-4-1-5-16-12)10-13(11)2-6-14-7-3-13/h1,4-5,11,14,18H,2-3,6-10H2/t11-/m1/s1. The summed E-state index contributed by atoms with van der Waals surface area (Å²) in [5.74, 6) is 1.15. The Kier molecular flexibility index (Phi) is 3.18. The van der Waals surface area contributed by atoms with Gasteiger partial charge in [0.05, 0.1) is 0 Å². The first-order valence-corrected chi connectivity index (χ1v) is 6.68. The summed E-state index contributed by atoms with van der Waals surface area (Å²) in [6.45, 7) is 4.23. The third-order valence-electron chi connectivity index (χ3n) is 4.47. The Morgan fingerprint density at radius 1 is 1.33 bits per heavy atom. The fraction of sp³-hybridized carbons (Fsp3) is 0.692. The number of hydrogen-bond donors (Lipinski definition) is 2. The molecule has 0 unspecified atom stereocenters. The Morgan fingerprint density at radius 2 is 2.06 bits per heavy atom. The maximum absolute atomic E-state index is 9.66. The molecule has 3 rings (SSSR count). The zero-order valence-corrected chi connectivity index (χ0v) is 10.5. The van der Waals surface area contributed by atoms with E-state index < -0.39 is 0 Å². The second kappa shape index (κ2) is 4.82. The van der Waals surface area contributed by atoms with E-state index in [-0.39, 0.29) is 12.0 Å². The number of rotatable bonds is 2. The molecule has 0 saturated carbocycles. The fourth-order valence-electron chi connectivity index (χ4n) is 3.38. The van der Waals surface area contributed by atoms with Gasteiger partial charge in [-0.15, -0.1) is 0 Å². The third-order valence-corrected chi connectivity index (χ3v) is 4.47. The van der Waals surface area contributed by atoms with E-state index >= 15 is 0 Å². The van der Waals surface area contributed by atoms with Gasteiger partial charge in [0.15, 0.2) is 0 Å². The van der Waals surface area contributed by atoms with Crippen molar-refractivity contribution in [3.05, 3.63) is 18.5 Å². The molecule has 2 N–H and O–H groups in total. The van der Waals surface area contributed by atoms with Gasteiger partial charge in [-0.05, 0) is 37.4 Å². The zero-order chi connectivity index (χ0) is 12.4. The van der Waals surface area contributed by atoms with E-state index in [0.717, 1.165) is 45.0 Å². The van der Waals surface area contributed by atoms with Gasteiger partial charge in [0, 0.05) is 38.0 Å². The molecule has 3 heterocycles. The van der Waals surface area contributed by atoms with Crippen LogP contribution in [0.25, 0.3) is 0 Å². The van der Waals surface area contributed by atoms with Gasteiger partial charge in [0.2, 0.25) is 5.95 Å². The minimum absolute atomic E-state index is 0.249. The molecule has 0 aliphatic carbocycles. The maximum Gasteiger partial charge on any atom is 0.225 e. The molecule has 2 saturated heterocycles. The second-order valence-electron chi connectivity index (χ2n) is 5.42. The summed E-state index contributed by atoms with van der Waals surface area (Å²) in [6.07, 6.45) is 5.84. The van der Waals surface area contributed by atoms with Crippen molar-refractivity contribution < 1.29 is 5.11 Å². The summed E-state index contributed by atoms with van der Waals surface area (Å²) in [5, 5.41) is 13.1. The van der Waals surface area contributed by atoms with Crippen LogP contribution in [0.2, 0.25) is 0 Å². The molecule has 1 atom stereocenters. The molecule has 1 aromatic rings. The van der Waals surface area contributed by atoms with E-state index in [1.54, 1.807) is 12.4 Å². The Labute approximate surface area is 107 Å². The topological polar surface area (TPSA) is 61.3 Å². The van der Waals surface area contributed by atoms with Crippen LogP contribution in [0.5, 0.6) is 0 Å². The van der Waals surface area contributed by atoms with Crippen molar-refractivity contribution in [3.8, 4) is 0 Å². The van der Waals surface area contributed by atoms with Crippen LogP contribution in [0.15, 0.2) is 18.5 Å². The molecule has 0 aromatic carbocycles. The van der Waals surface area contributed by atoms with Gasteiger partial charge in [-0.1, -0.05) is 0 Å². The SMILES string of the molecule is OC[C@H]1CN(c2ncccn2)CC12CCNCC2. The lowest BCUT2D eigenvalue weighted by molar-refractivity contribution is 0.1000. The number of nitrogens with one attached hydrogen (secondary N) is 1. The van der Waals surface area contributed by atoms with E-state index in [9.17, 15) is 5.11 Å². The van der Waals surface area contributed by atoms with Crippen LogP contribution in [0, 0.1) is 11.3 Å². The van der Waals surface area contributed by atoms with Crippen molar-refractivity contribution in [2.24, 2.45) is 11.3 Å². The molecule has 0 radical (unpaired) electrons. The van der Waals surface area contributed by atoms with Crippen molar-refractivity contribution >= 4 is 5.95 Å². The molecular weight excluding hydrogens is 228 g/mol. The van der Waals surface area contributed by atoms with E-state index in [0.29, 0.717) is 5.92 Å². The highest BCUT2D eigenvalue weighted by Crippen LogP contribution is 2.43. The average molecular weight is 248 g/mol. The van der Waals surface area contributed by atoms with Gasteiger partial charge in [-0.3, -0.25) is 0 Å². The van der Waals surface area contributed by atoms with Crippen molar-refractivity contribution in [1.82, 2.24) is 15.3 Å². The number of anilines is 1. The summed E-state index contributed by atoms with van der Waals surface area (Å²) in [7, 11) is 0. The van der Waals surface area contributed by atoms with Crippen molar-refractivity contribution in [2.45, 2.75) is 12.8 Å². The zero-order valence-electron chi connectivity index (χ0n) is 10.5. The van der Waals surface area contributed by atoms with E-state index in [1.165, 1.54) is 0 Å². The minimum atomic E-state index is 0.249. The Balaban J connectivity index is 1.81. The lowest BCUT2D eigenvalue weighted by Gasteiger charge is -2.37. The van der Waals surface area contributed by atoms with Gasteiger partial charge in [-0.2, -0.15) is 0 Å². The first-order chi connectivity index (χ1) is 8.84. The van der Waals surface area contributed by atoms with Crippen molar-refractivity contribution in [1.29, 1.82) is 0 Å². The molecule has 2 aliphatic heterocycles. The van der Waals surface area contributed by atoms with Crippen LogP contribution in [-0.4, -0.2) is 47.9 Å². The molecule has 5 nitrogen and oxygen atoms in total. The summed E-state index contributed by atoms with van der Waals surface area (Å²) in [6, 6.07) is 1.84. The summed E-state index contributed by atoms with van der Waals surface area (Å²) < 4.78 is 0. The maximum atomic E-state index is 9.66. The molecule has 0 bridgehead atoms. The molecule has 2 aliphatic rings. The predicted molar refractivity (Wildman–Crippen MR) is 69.4 cm³/mol. The Morgan fingerprint density at radius 3 is 2.72 bits per heavy atom. The smallest absolute Gasteiger partial charge is 0.225 e. The van der Waals surface area contributed by atoms with Crippen molar-refractivity contribution in [3.63, 3.8) is 0 Å². The first-order valence-electron chi connectivity index (χ1n) is 6.68. The molecular formula is C13H20N4O. The number of aliphatic hydroxyl groups excluding tert-OH is 1. The normalized spacial score (nSPS) is 26.7. The van der Waals surface area contributed by atoms with E-state index in [4.69, 9.17) is 0 Å². The highest BCUT2D eigenvalue weighted by atomic mass is 16.3. The largest absolute Gasteiger partial charge is 0.396 e. The number of aliphatic hydroxyl groups is 1. The van der Waals surface area contributed by atoms with Gasteiger partial charge < -0.3 is 15.3 Å². The summed E-state index contributed by atoms with van der Waals surface area (Å²) in [4.78, 5) is 10.9.